The lowest BCUT2D eigenvalue weighted by atomic mass is 9.99. The van der Waals surface area contributed by atoms with E-state index in [9.17, 15) is 0 Å². The van der Waals surface area contributed by atoms with E-state index in [1.165, 1.54) is 0 Å². The zero-order chi connectivity index (χ0) is 26.9. The van der Waals surface area contributed by atoms with Crippen LogP contribution in [0.15, 0.2) is 142 Å². The summed E-state index contributed by atoms with van der Waals surface area (Å²) >= 11 is 0. The minimum atomic E-state index is 0.793. The monoisotopic (exact) mass is 526 g/mol. The Morgan fingerprint density at radius 2 is 1.12 bits per heavy atom. The van der Waals surface area contributed by atoms with E-state index in [2.05, 4.69) is 95.5 Å². The number of fused-ring (bicyclic) bond motifs is 8. The van der Waals surface area contributed by atoms with Crippen LogP contribution in [0.4, 0.5) is 0 Å². The van der Waals surface area contributed by atoms with Crippen molar-refractivity contribution < 1.29 is 8.83 Å². The fourth-order valence-electron chi connectivity index (χ4n) is 6.09. The molecule has 0 unspecified atom stereocenters. The minimum absolute atomic E-state index is 0.793. The van der Waals surface area contributed by atoms with Crippen LogP contribution in [0.25, 0.3) is 83.2 Å². The molecule has 0 spiro atoms. The zero-order valence-electron chi connectivity index (χ0n) is 21.9. The van der Waals surface area contributed by atoms with Crippen LogP contribution in [0.1, 0.15) is 0 Å². The van der Waals surface area contributed by atoms with Crippen molar-refractivity contribution in [2.45, 2.75) is 0 Å². The van der Waals surface area contributed by atoms with Gasteiger partial charge in [0.25, 0.3) is 0 Å². The highest BCUT2D eigenvalue weighted by Crippen LogP contribution is 2.40. The maximum Gasteiger partial charge on any atom is 0.178 e. The van der Waals surface area contributed by atoms with Crippen LogP contribution in [0.2, 0.25) is 0 Å². The lowest BCUT2D eigenvalue weighted by molar-refractivity contribution is 0.633. The number of furan rings is 2. The van der Waals surface area contributed by atoms with Crippen LogP contribution < -0.4 is 0 Å². The van der Waals surface area contributed by atoms with Crippen molar-refractivity contribution in [3.05, 3.63) is 134 Å². The third-order valence-electron chi connectivity index (χ3n) is 8.05. The average molecular weight is 527 g/mol. The van der Waals surface area contributed by atoms with Gasteiger partial charge in [-0.15, -0.1) is 0 Å². The molecule has 4 heteroatoms. The third-order valence-corrected chi connectivity index (χ3v) is 8.05. The first-order valence-corrected chi connectivity index (χ1v) is 13.7. The van der Waals surface area contributed by atoms with Gasteiger partial charge in [0, 0.05) is 38.9 Å². The largest absolute Gasteiger partial charge is 0.452 e. The Morgan fingerprint density at radius 3 is 1.95 bits per heavy atom. The van der Waals surface area contributed by atoms with Crippen molar-refractivity contribution in [3.8, 4) is 33.6 Å². The standard InChI is InChI=1S/C37H22N2O2/c1-2-8-25(9-3-1)35-34(38-33-12-6-7-21-39(33)35)24-15-13-23(14-16-24)26-17-20-32-30(22-26)29-19-18-28-27-10-4-5-11-31(27)40-36(28)37(29)41-32/h1-22H. The molecule has 41 heavy (non-hydrogen) atoms. The predicted molar refractivity (Wildman–Crippen MR) is 166 cm³/mol. The van der Waals surface area contributed by atoms with E-state index in [1.807, 2.05) is 42.5 Å². The topological polar surface area (TPSA) is 43.6 Å². The molecular weight excluding hydrogens is 504 g/mol. The number of imidazole rings is 1. The van der Waals surface area contributed by atoms with Gasteiger partial charge in [-0.1, -0.05) is 84.9 Å². The van der Waals surface area contributed by atoms with Crippen molar-refractivity contribution in [2.75, 3.05) is 0 Å². The van der Waals surface area contributed by atoms with Gasteiger partial charge in [0.15, 0.2) is 11.2 Å². The fourth-order valence-corrected chi connectivity index (χ4v) is 6.09. The maximum absolute atomic E-state index is 6.34. The van der Waals surface area contributed by atoms with E-state index in [4.69, 9.17) is 13.8 Å². The molecule has 0 aliphatic heterocycles. The number of aromatic nitrogens is 2. The van der Waals surface area contributed by atoms with Gasteiger partial charge in [0.1, 0.15) is 16.8 Å². The summed E-state index contributed by atoms with van der Waals surface area (Å²) in [5, 5.41) is 4.31. The molecule has 0 amide bonds. The summed E-state index contributed by atoms with van der Waals surface area (Å²) in [6.07, 6.45) is 2.08. The van der Waals surface area contributed by atoms with Gasteiger partial charge in [-0.25, -0.2) is 4.98 Å². The summed E-state index contributed by atoms with van der Waals surface area (Å²) in [7, 11) is 0. The molecule has 0 aliphatic carbocycles. The lowest BCUT2D eigenvalue weighted by Crippen LogP contribution is -1.89. The maximum atomic E-state index is 6.34. The highest BCUT2D eigenvalue weighted by Gasteiger charge is 2.18. The third kappa shape index (κ3) is 3.31. The van der Waals surface area contributed by atoms with Gasteiger partial charge < -0.3 is 8.83 Å². The van der Waals surface area contributed by atoms with Crippen molar-refractivity contribution in [2.24, 2.45) is 0 Å². The molecule has 0 N–H and O–H groups in total. The van der Waals surface area contributed by atoms with Crippen LogP contribution in [-0.4, -0.2) is 9.38 Å². The molecule has 4 aromatic heterocycles. The van der Waals surface area contributed by atoms with Gasteiger partial charge >= 0.3 is 0 Å². The molecule has 0 bridgehead atoms. The van der Waals surface area contributed by atoms with Crippen LogP contribution in [0, 0.1) is 0 Å². The lowest BCUT2D eigenvalue weighted by Gasteiger charge is -2.07. The Balaban J connectivity index is 1.16. The van der Waals surface area contributed by atoms with E-state index in [0.29, 0.717) is 0 Å². The number of rotatable bonds is 3. The Bertz CT molecular complexity index is 2410. The van der Waals surface area contributed by atoms with Crippen molar-refractivity contribution in [3.63, 3.8) is 0 Å². The van der Waals surface area contributed by atoms with Gasteiger partial charge in [-0.3, -0.25) is 4.40 Å². The average Bonchev–Trinajstić information content (AvgIpc) is 3.72. The van der Waals surface area contributed by atoms with E-state index in [0.717, 1.165) is 83.2 Å². The molecule has 0 radical (unpaired) electrons. The van der Waals surface area contributed by atoms with Crippen molar-refractivity contribution in [1.29, 1.82) is 0 Å². The number of nitrogens with zero attached hydrogens (tertiary/aromatic N) is 2. The molecule has 9 rings (SSSR count). The molecule has 4 nitrogen and oxygen atoms in total. The number of pyridine rings is 1. The normalized spacial score (nSPS) is 11.9. The molecule has 9 aromatic rings. The second-order valence-electron chi connectivity index (χ2n) is 10.4. The molecule has 0 fully saturated rings. The Kier molecular flexibility index (Phi) is 4.58. The van der Waals surface area contributed by atoms with Gasteiger partial charge in [-0.2, -0.15) is 0 Å². The van der Waals surface area contributed by atoms with Crippen molar-refractivity contribution >= 4 is 49.5 Å². The molecular formula is C37H22N2O2. The van der Waals surface area contributed by atoms with Gasteiger partial charge in [-0.05, 0) is 53.6 Å². The Hall–Kier alpha value is -5.61. The van der Waals surface area contributed by atoms with Crippen LogP contribution >= 0.6 is 0 Å². The Labute approximate surface area is 234 Å². The molecule has 0 saturated carbocycles. The SMILES string of the molecule is c1ccc(-c2c(-c3ccc(-c4ccc5oc6c(ccc7c8ccccc8oc76)c5c4)cc3)nc3ccccn23)cc1. The summed E-state index contributed by atoms with van der Waals surface area (Å²) in [6, 6.07) is 44.1. The first kappa shape index (κ1) is 22.2. The minimum Gasteiger partial charge on any atom is -0.452 e. The van der Waals surface area contributed by atoms with Gasteiger partial charge in [0.2, 0.25) is 0 Å². The van der Waals surface area contributed by atoms with Gasteiger partial charge in [0.05, 0.1) is 11.4 Å². The predicted octanol–water partition coefficient (Wildman–Crippen LogP) is 10.1. The smallest absolute Gasteiger partial charge is 0.178 e. The van der Waals surface area contributed by atoms with E-state index in [-0.39, 0.29) is 0 Å². The van der Waals surface area contributed by atoms with Crippen molar-refractivity contribution in [1.82, 2.24) is 9.38 Å². The summed E-state index contributed by atoms with van der Waals surface area (Å²) in [6.45, 7) is 0. The first-order valence-electron chi connectivity index (χ1n) is 13.7. The number of para-hydroxylation sites is 1. The molecule has 0 saturated heterocycles. The molecule has 0 aliphatic rings. The summed E-state index contributed by atoms with van der Waals surface area (Å²) in [5.74, 6) is 0. The number of hydrogen-bond acceptors (Lipinski definition) is 3. The summed E-state index contributed by atoms with van der Waals surface area (Å²) < 4.78 is 14.7. The second kappa shape index (κ2) is 8.44. The van der Waals surface area contributed by atoms with Crippen LogP contribution in [0.3, 0.4) is 0 Å². The fraction of sp³-hybridized carbons (Fsp3) is 0. The summed E-state index contributed by atoms with van der Waals surface area (Å²) in [4.78, 5) is 5.01. The van der Waals surface area contributed by atoms with Crippen LogP contribution in [-0.2, 0) is 0 Å². The highest BCUT2D eigenvalue weighted by atomic mass is 16.4. The molecule has 192 valence electrons. The zero-order valence-corrected chi connectivity index (χ0v) is 21.9. The molecule has 0 atom stereocenters. The van der Waals surface area contributed by atoms with E-state index < -0.39 is 0 Å². The highest BCUT2D eigenvalue weighted by molar-refractivity contribution is 6.19. The Morgan fingerprint density at radius 1 is 0.463 bits per heavy atom. The number of benzene rings is 5. The molecule has 5 aromatic carbocycles. The summed E-state index contributed by atoms with van der Waals surface area (Å²) in [5.41, 5.74) is 10.8. The second-order valence-corrected chi connectivity index (χ2v) is 10.4. The van der Waals surface area contributed by atoms with E-state index >= 15 is 0 Å². The van der Waals surface area contributed by atoms with E-state index in [1.54, 1.807) is 0 Å². The number of hydrogen-bond donors (Lipinski definition) is 0. The van der Waals surface area contributed by atoms with Crippen LogP contribution in [0.5, 0.6) is 0 Å². The molecule has 4 heterocycles. The quantitative estimate of drug-likeness (QED) is 0.230. The first-order chi connectivity index (χ1) is 20.3.